The van der Waals surface area contributed by atoms with E-state index in [1.165, 1.54) is 11.1 Å². The summed E-state index contributed by atoms with van der Waals surface area (Å²) in [5.41, 5.74) is 9.77. The highest BCUT2D eigenvalue weighted by atomic mass is 16.3. The van der Waals surface area contributed by atoms with E-state index in [9.17, 15) is 0 Å². The van der Waals surface area contributed by atoms with Crippen molar-refractivity contribution in [1.29, 1.82) is 0 Å². The van der Waals surface area contributed by atoms with Crippen molar-refractivity contribution in [2.45, 2.75) is 40.0 Å². The molecule has 4 aromatic rings. The predicted molar refractivity (Wildman–Crippen MR) is 125 cm³/mol. The van der Waals surface area contributed by atoms with Gasteiger partial charge in [0.25, 0.3) is 0 Å². The molecule has 0 saturated carbocycles. The van der Waals surface area contributed by atoms with Gasteiger partial charge in [0, 0.05) is 17.0 Å². The molecule has 0 radical (unpaired) electrons. The summed E-state index contributed by atoms with van der Waals surface area (Å²) in [7, 11) is 0. The Morgan fingerprint density at radius 1 is 0.833 bits per heavy atom. The van der Waals surface area contributed by atoms with Crippen LogP contribution in [0, 0.1) is 13.8 Å². The van der Waals surface area contributed by atoms with Crippen molar-refractivity contribution < 1.29 is 4.42 Å². The largest absolute Gasteiger partial charge is 0.456 e. The van der Waals surface area contributed by atoms with Crippen molar-refractivity contribution >= 4 is 16.7 Å². The predicted octanol–water partition coefficient (Wildman–Crippen LogP) is 6.94. The third kappa shape index (κ3) is 4.16. The molecule has 0 fully saturated rings. The number of aryl methyl sites for hydroxylation is 2. The average molecular weight is 397 g/mol. The Morgan fingerprint density at radius 3 is 2.20 bits per heavy atom. The first-order chi connectivity index (χ1) is 14.3. The summed E-state index contributed by atoms with van der Waals surface area (Å²) in [4.78, 5) is 0. The van der Waals surface area contributed by atoms with E-state index in [2.05, 4.69) is 76.4 Å². The molecule has 0 atom stereocenters. The van der Waals surface area contributed by atoms with E-state index < -0.39 is 0 Å². The molecule has 3 aromatic carbocycles. The van der Waals surface area contributed by atoms with Gasteiger partial charge in [-0.15, -0.1) is 0 Å². The molecular weight excluding hydrogens is 368 g/mol. The van der Waals surface area contributed by atoms with Gasteiger partial charge in [0.2, 0.25) is 0 Å². The third-order valence-corrected chi connectivity index (χ3v) is 5.30. The van der Waals surface area contributed by atoms with Crippen LogP contribution in [0.4, 0.5) is 5.69 Å². The van der Waals surface area contributed by atoms with Gasteiger partial charge in [0.1, 0.15) is 11.3 Å². The average Bonchev–Trinajstić information content (AvgIpc) is 2.71. The maximum Gasteiger partial charge on any atom is 0.137 e. The molecule has 0 aliphatic rings. The molecule has 0 bridgehead atoms. The van der Waals surface area contributed by atoms with Gasteiger partial charge in [-0.3, -0.25) is 5.43 Å². The fraction of sp³-hybridized carbons (Fsp3) is 0.222. The molecular formula is C27H28N2O. The fourth-order valence-electron chi connectivity index (χ4n) is 3.68. The van der Waals surface area contributed by atoms with E-state index in [0.717, 1.165) is 38.9 Å². The van der Waals surface area contributed by atoms with E-state index in [1.807, 2.05) is 36.4 Å². The second-order valence-electron chi connectivity index (χ2n) is 8.87. The molecule has 0 spiro atoms. The van der Waals surface area contributed by atoms with Gasteiger partial charge < -0.3 is 4.42 Å². The lowest BCUT2D eigenvalue weighted by Gasteiger charge is -2.19. The summed E-state index contributed by atoms with van der Waals surface area (Å²) in [5.74, 6) is 0.807. The van der Waals surface area contributed by atoms with E-state index in [1.54, 1.807) is 0 Å². The lowest BCUT2D eigenvalue weighted by atomic mass is 9.86. The van der Waals surface area contributed by atoms with Crippen LogP contribution in [0.25, 0.3) is 22.3 Å². The molecule has 3 heteroatoms. The van der Waals surface area contributed by atoms with Crippen LogP contribution >= 0.6 is 0 Å². The summed E-state index contributed by atoms with van der Waals surface area (Å²) >= 11 is 0. The number of nitrogens with zero attached hydrogens (tertiary/aromatic N) is 1. The topological polar surface area (TPSA) is 37.5 Å². The number of hydrogen-bond donors (Lipinski definition) is 1. The summed E-state index contributed by atoms with van der Waals surface area (Å²) in [6.07, 6.45) is 0. The lowest BCUT2D eigenvalue weighted by Crippen LogP contribution is -2.11. The molecule has 0 saturated heterocycles. The Hall–Kier alpha value is -3.33. The SMILES string of the molecule is Cc1cc(C)c2/c(=N\Nc3ccccc3)cc(-c3ccc(C(C)(C)C)cc3)oc2c1. The number of benzene rings is 3. The van der Waals surface area contributed by atoms with Crippen molar-refractivity contribution in [3.63, 3.8) is 0 Å². The summed E-state index contributed by atoms with van der Waals surface area (Å²) in [6, 6.07) is 24.9. The molecule has 0 aliphatic heterocycles. The Labute approximate surface area is 178 Å². The standard InChI is InChI=1S/C27H28N2O/c1-18-15-19(2)26-23(29-28-22-9-7-6-8-10-22)17-24(30-25(26)16-18)20-11-13-21(14-12-20)27(3,4)5/h6-17,28H,1-5H3/b29-23-. The molecule has 0 aliphatic carbocycles. The molecule has 1 heterocycles. The Bertz CT molecular complexity index is 1240. The monoisotopic (exact) mass is 396 g/mol. The van der Waals surface area contributed by atoms with Gasteiger partial charge in [-0.25, -0.2) is 0 Å². The summed E-state index contributed by atoms with van der Waals surface area (Å²) < 4.78 is 6.34. The van der Waals surface area contributed by atoms with Crippen LogP contribution in [0.15, 0.2) is 82.3 Å². The van der Waals surface area contributed by atoms with Crippen LogP contribution in [0.5, 0.6) is 0 Å². The normalized spacial score (nSPS) is 12.4. The first kappa shape index (κ1) is 20.0. The van der Waals surface area contributed by atoms with Crippen LogP contribution in [-0.4, -0.2) is 0 Å². The highest BCUT2D eigenvalue weighted by molar-refractivity contribution is 5.82. The number of anilines is 1. The molecule has 3 nitrogen and oxygen atoms in total. The number of nitrogens with one attached hydrogen (secondary N) is 1. The zero-order valence-corrected chi connectivity index (χ0v) is 18.3. The smallest absolute Gasteiger partial charge is 0.137 e. The Morgan fingerprint density at radius 2 is 1.53 bits per heavy atom. The number of para-hydroxylation sites is 1. The van der Waals surface area contributed by atoms with E-state index in [-0.39, 0.29) is 5.41 Å². The summed E-state index contributed by atoms with van der Waals surface area (Å²) in [5, 5.41) is 6.62. The molecule has 1 N–H and O–H groups in total. The van der Waals surface area contributed by atoms with Gasteiger partial charge in [-0.1, -0.05) is 69.3 Å². The minimum absolute atomic E-state index is 0.118. The van der Waals surface area contributed by atoms with Crippen LogP contribution in [0.1, 0.15) is 37.5 Å². The van der Waals surface area contributed by atoms with E-state index in [4.69, 9.17) is 9.52 Å². The number of hydrogen-bond acceptors (Lipinski definition) is 3. The van der Waals surface area contributed by atoms with Crippen molar-refractivity contribution in [3.8, 4) is 11.3 Å². The maximum absolute atomic E-state index is 6.34. The van der Waals surface area contributed by atoms with Crippen molar-refractivity contribution in [2.75, 3.05) is 5.43 Å². The lowest BCUT2D eigenvalue weighted by molar-refractivity contribution is 0.589. The molecule has 30 heavy (non-hydrogen) atoms. The molecule has 1 aromatic heterocycles. The van der Waals surface area contributed by atoms with E-state index >= 15 is 0 Å². The summed E-state index contributed by atoms with van der Waals surface area (Å²) in [6.45, 7) is 10.9. The van der Waals surface area contributed by atoms with Crippen molar-refractivity contribution in [3.05, 3.63) is 94.8 Å². The second kappa shape index (κ2) is 7.83. The van der Waals surface area contributed by atoms with Crippen LogP contribution in [0.2, 0.25) is 0 Å². The Balaban J connectivity index is 1.87. The highest BCUT2D eigenvalue weighted by Crippen LogP contribution is 2.28. The molecule has 152 valence electrons. The minimum Gasteiger partial charge on any atom is -0.456 e. The van der Waals surface area contributed by atoms with Crippen LogP contribution < -0.4 is 10.8 Å². The molecule has 0 amide bonds. The van der Waals surface area contributed by atoms with Gasteiger partial charge in [0.05, 0.1) is 11.0 Å². The van der Waals surface area contributed by atoms with Gasteiger partial charge in [-0.2, -0.15) is 5.10 Å². The van der Waals surface area contributed by atoms with Crippen molar-refractivity contribution in [1.82, 2.24) is 0 Å². The molecule has 4 rings (SSSR count). The Kier molecular flexibility index (Phi) is 5.21. The zero-order valence-electron chi connectivity index (χ0n) is 18.3. The number of rotatable bonds is 3. The third-order valence-electron chi connectivity index (χ3n) is 5.30. The molecule has 0 unspecified atom stereocenters. The first-order valence-electron chi connectivity index (χ1n) is 10.3. The minimum atomic E-state index is 0.118. The number of fused-ring (bicyclic) bond motifs is 1. The van der Waals surface area contributed by atoms with Gasteiger partial charge in [0.15, 0.2) is 0 Å². The van der Waals surface area contributed by atoms with Gasteiger partial charge >= 0.3 is 0 Å². The van der Waals surface area contributed by atoms with Gasteiger partial charge in [-0.05, 0) is 54.2 Å². The maximum atomic E-state index is 6.34. The fourth-order valence-corrected chi connectivity index (χ4v) is 3.68. The van der Waals surface area contributed by atoms with Crippen molar-refractivity contribution in [2.24, 2.45) is 5.10 Å². The quantitative estimate of drug-likeness (QED) is 0.381. The van der Waals surface area contributed by atoms with Crippen LogP contribution in [-0.2, 0) is 5.41 Å². The van der Waals surface area contributed by atoms with Crippen LogP contribution in [0.3, 0.4) is 0 Å². The first-order valence-corrected chi connectivity index (χ1v) is 10.3. The highest BCUT2D eigenvalue weighted by Gasteiger charge is 2.14. The zero-order chi connectivity index (χ0) is 21.3. The second-order valence-corrected chi connectivity index (χ2v) is 8.87. The van der Waals surface area contributed by atoms with E-state index in [0.29, 0.717) is 0 Å².